The summed E-state index contributed by atoms with van der Waals surface area (Å²) in [4.78, 5) is 37.0. The van der Waals surface area contributed by atoms with Crippen LogP contribution in [0.15, 0.2) is 42.5 Å². The van der Waals surface area contributed by atoms with Crippen LogP contribution in [0.3, 0.4) is 0 Å². The lowest BCUT2D eigenvalue weighted by Crippen LogP contribution is -2.28. The molecule has 0 radical (unpaired) electrons. The van der Waals surface area contributed by atoms with Gasteiger partial charge in [-0.05, 0) is 30.3 Å². The largest absolute Gasteiger partial charge is 0.497 e. The summed E-state index contributed by atoms with van der Waals surface area (Å²) in [6.45, 7) is 0.217. The van der Waals surface area contributed by atoms with Crippen molar-refractivity contribution in [3.63, 3.8) is 0 Å². The summed E-state index contributed by atoms with van der Waals surface area (Å²) in [6, 6.07) is 10.9. The Morgan fingerprint density at radius 1 is 1.18 bits per heavy atom. The quantitative estimate of drug-likeness (QED) is 0.604. The van der Waals surface area contributed by atoms with E-state index in [4.69, 9.17) is 9.47 Å². The molecule has 1 fully saturated rings. The van der Waals surface area contributed by atoms with Gasteiger partial charge in [0, 0.05) is 30.8 Å². The van der Waals surface area contributed by atoms with E-state index in [1.54, 1.807) is 31.4 Å². The summed E-state index contributed by atoms with van der Waals surface area (Å²) in [5, 5.41) is 13.6. The number of methoxy groups -OCH3 is 2. The first-order chi connectivity index (χ1) is 13.4. The van der Waals surface area contributed by atoms with Gasteiger partial charge in [-0.15, -0.1) is 0 Å². The number of nitro benzene ring substituents is 1. The minimum Gasteiger partial charge on any atom is -0.497 e. The molecule has 1 aliphatic rings. The van der Waals surface area contributed by atoms with E-state index in [0.29, 0.717) is 17.2 Å². The molecule has 146 valence electrons. The monoisotopic (exact) mass is 385 g/mol. The van der Waals surface area contributed by atoms with Crippen LogP contribution in [0.4, 0.5) is 17.1 Å². The Balaban J connectivity index is 1.74. The van der Waals surface area contributed by atoms with Crippen LogP contribution in [0, 0.1) is 16.0 Å². The molecule has 28 heavy (non-hydrogen) atoms. The molecule has 1 heterocycles. The normalized spacial score (nSPS) is 16.0. The summed E-state index contributed by atoms with van der Waals surface area (Å²) in [6.07, 6.45) is 0.0507. The molecule has 0 saturated carbocycles. The maximum Gasteiger partial charge on any atom is 0.271 e. The lowest BCUT2D eigenvalue weighted by molar-refractivity contribution is -0.384. The second-order valence-corrected chi connectivity index (χ2v) is 6.23. The van der Waals surface area contributed by atoms with Crippen LogP contribution in [0.2, 0.25) is 0 Å². The average Bonchev–Trinajstić information content (AvgIpc) is 3.09. The van der Waals surface area contributed by atoms with Crippen molar-refractivity contribution in [2.75, 3.05) is 31.0 Å². The molecule has 1 atom stereocenters. The summed E-state index contributed by atoms with van der Waals surface area (Å²) >= 11 is 0. The molecule has 0 aromatic heterocycles. The summed E-state index contributed by atoms with van der Waals surface area (Å²) in [7, 11) is 2.96. The molecule has 3 rings (SSSR count). The van der Waals surface area contributed by atoms with Gasteiger partial charge < -0.3 is 19.7 Å². The average molecular weight is 385 g/mol. The van der Waals surface area contributed by atoms with Crippen molar-refractivity contribution in [2.45, 2.75) is 6.42 Å². The topological polar surface area (TPSA) is 111 Å². The number of hydrogen-bond acceptors (Lipinski definition) is 6. The van der Waals surface area contributed by atoms with Crippen molar-refractivity contribution in [1.82, 2.24) is 0 Å². The number of non-ortho nitro benzene ring substituents is 1. The van der Waals surface area contributed by atoms with Crippen LogP contribution in [0.25, 0.3) is 0 Å². The number of carbonyl (C=O) groups is 2. The maximum atomic E-state index is 12.7. The number of benzene rings is 2. The third kappa shape index (κ3) is 3.88. The molecule has 1 saturated heterocycles. The van der Waals surface area contributed by atoms with Crippen LogP contribution in [-0.4, -0.2) is 37.5 Å². The van der Waals surface area contributed by atoms with E-state index in [1.807, 2.05) is 0 Å². The van der Waals surface area contributed by atoms with Crippen LogP contribution in [0.1, 0.15) is 6.42 Å². The third-order valence-electron chi connectivity index (χ3n) is 4.53. The summed E-state index contributed by atoms with van der Waals surface area (Å²) in [5.41, 5.74) is 0.699. The minimum atomic E-state index is -0.585. The van der Waals surface area contributed by atoms with E-state index < -0.39 is 16.7 Å². The first-order valence-electron chi connectivity index (χ1n) is 8.50. The highest BCUT2D eigenvalue weighted by molar-refractivity contribution is 6.04. The molecule has 2 aromatic rings. The molecule has 0 aliphatic carbocycles. The molecule has 2 amide bonds. The first-order valence-corrected chi connectivity index (χ1v) is 8.50. The second kappa shape index (κ2) is 7.95. The zero-order valence-corrected chi connectivity index (χ0v) is 15.4. The SMILES string of the molecule is COc1ccc(N2CC(C(=O)Nc3cc([N+](=O)[O-])ccc3OC)CC2=O)cc1. The molecule has 1 unspecified atom stereocenters. The van der Waals surface area contributed by atoms with E-state index >= 15 is 0 Å². The Bertz CT molecular complexity index is 912. The molecule has 2 aromatic carbocycles. The van der Waals surface area contributed by atoms with Crippen molar-refractivity contribution >= 4 is 28.9 Å². The Kier molecular flexibility index (Phi) is 5.44. The predicted octanol–water partition coefficient (Wildman–Crippen LogP) is 2.60. The van der Waals surface area contributed by atoms with Gasteiger partial charge in [0.1, 0.15) is 11.5 Å². The highest BCUT2D eigenvalue weighted by atomic mass is 16.6. The number of nitrogens with one attached hydrogen (secondary N) is 1. The van der Waals surface area contributed by atoms with Crippen LogP contribution in [-0.2, 0) is 9.59 Å². The first kappa shape index (κ1) is 19.2. The zero-order valence-electron chi connectivity index (χ0n) is 15.4. The number of anilines is 2. The summed E-state index contributed by atoms with van der Waals surface area (Å²) in [5.74, 6) is -0.184. The number of carbonyl (C=O) groups excluding carboxylic acids is 2. The van der Waals surface area contributed by atoms with E-state index in [-0.39, 0.29) is 30.2 Å². The van der Waals surface area contributed by atoms with Crippen molar-refractivity contribution in [1.29, 1.82) is 0 Å². The van der Waals surface area contributed by atoms with Crippen molar-refractivity contribution < 1.29 is 24.0 Å². The van der Waals surface area contributed by atoms with E-state index in [2.05, 4.69) is 5.32 Å². The number of nitro groups is 1. The van der Waals surface area contributed by atoms with Crippen LogP contribution < -0.4 is 19.7 Å². The van der Waals surface area contributed by atoms with Gasteiger partial charge in [0.25, 0.3) is 5.69 Å². The molecular formula is C19H19N3O6. The van der Waals surface area contributed by atoms with E-state index in [0.717, 1.165) is 0 Å². The van der Waals surface area contributed by atoms with E-state index in [9.17, 15) is 19.7 Å². The number of hydrogen-bond donors (Lipinski definition) is 1. The molecule has 0 bridgehead atoms. The molecule has 1 N–H and O–H groups in total. The molecule has 1 aliphatic heterocycles. The van der Waals surface area contributed by atoms with Gasteiger partial charge in [-0.1, -0.05) is 0 Å². The lowest BCUT2D eigenvalue weighted by atomic mass is 10.1. The van der Waals surface area contributed by atoms with Gasteiger partial charge in [0.05, 0.1) is 30.7 Å². The fraction of sp³-hybridized carbons (Fsp3) is 0.263. The number of ether oxygens (including phenoxy) is 2. The van der Waals surface area contributed by atoms with Gasteiger partial charge in [-0.3, -0.25) is 19.7 Å². The van der Waals surface area contributed by atoms with Gasteiger partial charge in [0.15, 0.2) is 0 Å². The Labute approximate surface area is 161 Å². The number of amides is 2. The second-order valence-electron chi connectivity index (χ2n) is 6.23. The van der Waals surface area contributed by atoms with Gasteiger partial charge in [-0.2, -0.15) is 0 Å². The standard InChI is InChI=1S/C19H19N3O6/c1-27-15-6-3-13(4-7-15)21-11-12(9-18(21)23)19(24)20-16-10-14(22(25)26)5-8-17(16)28-2/h3-8,10,12H,9,11H2,1-2H3,(H,20,24). The fourth-order valence-corrected chi connectivity index (χ4v) is 3.04. The smallest absolute Gasteiger partial charge is 0.271 e. The lowest BCUT2D eigenvalue weighted by Gasteiger charge is -2.17. The highest BCUT2D eigenvalue weighted by Gasteiger charge is 2.35. The maximum absolute atomic E-state index is 12.7. The van der Waals surface area contributed by atoms with Crippen molar-refractivity contribution in [3.8, 4) is 11.5 Å². The minimum absolute atomic E-state index is 0.0507. The Morgan fingerprint density at radius 2 is 1.89 bits per heavy atom. The number of rotatable bonds is 6. The molecule has 0 spiro atoms. The fourth-order valence-electron chi connectivity index (χ4n) is 3.04. The third-order valence-corrected chi connectivity index (χ3v) is 4.53. The predicted molar refractivity (Wildman–Crippen MR) is 102 cm³/mol. The van der Waals surface area contributed by atoms with Crippen LogP contribution >= 0.6 is 0 Å². The van der Waals surface area contributed by atoms with Gasteiger partial charge >= 0.3 is 0 Å². The molecular weight excluding hydrogens is 366 g/mol. The molecule has 9 heteroatoms. The van der Waals surface area contributed by atoms with E-state index in [1.165, 1.54) is 30.2 Å². The summed E-state index contributed by atoms with van der Waals surface area (Å²) < 4.78 is 10.3. The van der Waals surface area contributed by atoms with Crippen molar-refractivity contribution in [2.24, 2.45) is 5.92 Å². The highest BCUT2D eigenvalue weighted by Crippen LogP contribution is 2.31. The van der Waals surface area contributed by atoms with Crippen LogP contribution in [0.5, 0.6) is 11.5 Å². The van der Waals surface area contributed by atoms with Gasteiger partial charge in [0.2, 0.25) is 11.8 Å². The van der Waals surface area contributed by atoms with Gasteiger partial charge in [-0.25, -0.2) is 0 Å². The zero-order chi connectivity index (χ0) is 20.3. The molecule has 9 nitrogen and oxygen atoms in total. The Morgan fingerprint density at radius 3 is 2.50 bits per heavy atom. The number of nitrogens with zero attached hydrogens (tertiary/aromatic N) is 2. The Hall–Kier alpha value is -3.62. The van der Waals surface area contributed by atoms with Crippen molar-refractivity contribution in [3.05, 3.63) is 52.6 Å².